The molecule has 31 heavy (non-hydrogen) atoms. The minimum absolute atomic E-state index is 0.0412. The number of rotatable bonds is 8. The second-order valence-electron chi connectivity index (χ2n) is 7.56. The zero-order valence-corrected chi connectivity index (χ0v) is 17.9. The zero-order valence-electron chi connectivity index (χ0n) is 17.9. The van der Waals surface area contributed by atoms with Crippen molar-refractivity contribution in [3.63, 3.8) is 0 Å². The second-order valence-corrected chi connectivity index (χ2v) is 7.56. The van der Waals surface area contributed by atoms with E-state index in [0.29, 0.717) is 18.8 Å². The number of para-hydroxylation sites is 1. The smallest absolute Gasteiger partial charge is 0.214 e. The molecule has 0 saturated carbocycles. The maximum atomic E-state index is 14.3. The maximum absolute atomic E-state index is 14.3. The van der Waals surface area contributed by atoms with Gasteiger partial charge in [-0.3, -0.25) is 0 Å². The number of piperazine rings is 1. The molecule has 0 unspecified atom stereocenters. The van der Waals surface area contributed by atoms with E-state index in [2.05, 4.69) is 32.6 Å². The normalized spacial score (nSPS) is 15.8. The molecule has 1 atom stereocenters. The molecule has 1 saturated heterocycles. The molecule has 2 heterocycles. The number of quaternary nitrogens is 1. The average molecular weight is 428 g/mol. The van der Waals surface area contributed by atoms with Crippen LogP contribution < -0.4 is 14.5 Å². The molecule has 9 heteroatoms. The van der Waals surface area contributed by atoms with Crippen molar-refractivity contribution >= 4 is 5.69 Å². The summed E-state index contributed by atoms with van der Waals surface area (Å²) < 4.78 is 26.6. The first-order chi connectivity index (χ1) is 15.2. The molecule has 2 aromatic carbocycles. The molecule has 0 radical (unpaired) electrons. The predicted molar refractivity (Wildman–Crippen MR) is 114 cm³/mol. The van der Waals surface area contributed by atoms with Crippen molar-refractivity contribution in [2.75, 3.05) is 51.9 Å². The van der Waals surface area contributed by atoms with Crippen LogP contribution in [0.2, 0.25) is 0 Å². The molecule has 3 aromatic rings. The monoisotopic (exact) mass is 427 g/mol. The van der Waals surface area contributed by atoms with E-state index in [1.165, 1.54) is 11.0 Å². The highest BCUT2D eigenvalue weighted by molar-refractivity contribution is 5.47. The van der Waals surface area contributed by atoms with Gasteiger partial charge in [0.15, 0.2) is 6.04 Å². The lowest BCUT2D eigenvalue weighted by Crippen LogP contribution is -3.15. The summed E-state index contributed by atoms with van der Waals surface area (Å²) >= 11 is 0. The molecule has 0 spiro atoms. The third kappa shape index (κ3) is 4.67. The molecular weight excluding hydrogens is 399 g/mol. The minimum Gasteiger partial charge on any atom is -0.497 e. The van der Waals surface area contributed by atoms with Crippen LogP contribution in [-0.4, -0.2) is 67.2 Å². The van der Waals surface area contributed by atoms with E-state index in [0.717, 1.165) is 43.3 Å². The first-order valence-corrected chi connectivity index (χ1v) is 10.4. The average Bonchev–Trinajstić information content (AvgIpc) is 3.27. The predicted octanol–water partition coefficient (Wildman–Crippen LogP) is 0.962. The maximum Gasteiger partial charge on any atom is 0.214 e. The lowest BCUT2D eigenvalue weighted by molar-refractivity contribution is -0.927. The van der Waals surface area contributed by atoms with Gasteiger partial charge in [0.25, 0.3) is 0 Å². The molecule has 1 aliphatic heterocycles. The van der Waals surface area contributed by atoms with E-state index in [1.807, 2.05) is 28.9 Å². The molecule has 0 aliphatic carbocycles. The summed E-state index contributed by atoms with van der Waals surface area (Å²) in [6, 6.07) is 15.0. The Morgan fingerprint density at radius 3 is 2.48 bits per heavy atom. The highest BCUT2D eigenvalue weighted by Crippen LogP contribution is 2.22. The Bertz CT molecular complexity index is 972. The van der Waals surface area contributed by atoms with E-state index in [4.69, 9.17) is 9.47 Å². The Kier molecular flexibility index (Phi) is 6.73. The lowest BCUT2D eigenvalue weighted by Gasteiger charge is -2.37. The van der Waals surface area contributed by atoms with E-state index >= 15 is 0 Å². The largest absolute Gasteiger partial charge is 0.497 e. The van der Waals surface area contributed by atoms with Gasteiger partial charge < -0.3 is 19.3 Å². The van der Waals surface area contributed by atoms with Crippen molar-refractivity contribution in [2.45, 2.75) is 12.6 Å². The fourth-order valence-electron chi connectivity index (χ4n) is 4.15. The summed E-state index contributed by atoms with van der Waals surface area (Å²) in [5.74, 6) is 1.43. The highest BCUT2D eigenvalue weighted by Gasteiger charge is 2.34. The highest BCUT2D eigenvalue weighted by atomic mass is 19.1. The first kappa shape index (κ1) is 21.2. The van der Waals surface area contributed by atoms with Gasteiger partial charge in [-0.15, -0.1) is 5.10 Å². The molecule has 0 amide bonds. The van der Waals surface area contributed by atoms with Crippen molar-refractivity contribution < 1.29 is 18.8 Å². The number of hydrogen-bond acceptors (Lipinski definition) is 6. The van der Waals surface area contributed by atoms with Gasteiger partial charge in [0.1, 0.15) is 11.6 Å². The van der Waals surface area contributed by atoms with Gasteiger partial charge in [0.2, 0.25) is 5.82 Å². The van der Waals surface area contributed by atoms with Crippen LogP contribution in [0, 0.1) is 5.82 Å². The van der Waals surface area contributed by atoms with Crippen LogP contribution in [0.3, 0.4) is 0 Å². The minimum atomic E-state index is -0.179. The van der Waals surface area contributed by atoms with Crippen LogP contribution in [-0.2, 0) is 11.3 Å². The molecule has 0 bridgehead atoms. The van der Waals surface area contributed by atoms with E-state index in [9.17, 15) is 4.39 Å². The molecule has 4 rings (SSSR count). The molecule has 1 fully saturated rings. The topological polar surface area (TPSA) is 69.7 Å². The summed E-state index contributed by atoms with van der Waals surface area (Å²) in [6.07, 6.45) is 0. The third-order valence-corrected chi connectivity index (χ3v) is 5.78. The van der Waals surface area contributed by atoms with Crippen molar-refractivity contribution in [3.05, 3.63) is 65.7 Å². The number of nitrogens with one attached hydrogen (secondary N) is 1. The third-order valence-electron chi connectivity index (χ3n) is 5.78. The van der Waals surface area contributed by atoms with Gasteiger partial charge in [-0.05, 0) is 46.8 Å². The molecule has 1 aromatic heterocycles. The Morgan fingerprint density at radius 1 is 1.06 bits per heavy atom. The molecule has 1 N–H and O–H groups in total. The van der Waals surface area contributed by atoms with E-state index in [-0.39, 0.29) is 11.9 Å². The van der Waals surface area contributed by atoms with Crippen LogP contribution >= 0.6 is 0 Å². The van der Waals surface area contributed by atoms with Crippen molar-refractivity contribution in [2.24, 2.45) is 0 Å². The number of halogens is 1. The lowest BCUT2D eigenvalue weighted by atomic mass is 10.0. The van der Waals surface area contributed by atoms with Gasteiger partial charge >= 0.3 is 0 Å². The Labute approximate surface area is 181 Å². The summed E-state index contributed by atoms with van der Waals surface area (Å²) in [5, 5.41) is 12.5. The zero-order chi connectivity index (χ0) is 21.6. The Balaban J connectivity index is 1.59. The molecule has 164 valence electrons. The van der Waals surface area contributed by atoms with Crippen molar-refractivity contribution in [1.82, 2.24) is 20.2 Å². The number of tetrazole rings is 1. The van der Waals surface area contributed by atoms with Gasteiger partial charge in [-0.2, -0.15) is 0 Å². The Morgan fingerprint density at radius 2 is 1.81 bits per heavy atom. The summed E-state index contributed by atoms with van der Waals surface area (Å²) in [4.78, 5) is 3.45. The molecular formula is C22H28FN6O2+. The molecule has 8 nitrogen and oxygen atoms in total. The van der Waals surface area contributed by atoms with Gasteiger partial charge in [0.05, 0.1) is 52.1 Å². The number of anilines is 1. The van der Waals surface area contributed by atoms with E-state index in [1.54, 1.807) is 20.3 Å². The van der Waals surface area contributed by atoms with Crippen LogP contribution in [0.4, 0.5) is 10.1 Å². The van der Waals surface area contributed by atoms with Gasteiger partial charge in [-0.1, -0.05) is 12.1 Å². The molecule has 1 aliphatic rings. The first-order valence-electron chi connectivity index (χ1n) is 10.4. The number of ether oxygens (including phenoxy) is 2. The standard InChI is InChI=1S/C22H27FN6O2/c1-30-16-15-29-22(24-25-26-29)21(17-7-9-18(31-2)10-8-17)28-13-11-27(12-14-28)20-6-4-3-5-19(20)23/h3-10,21H,11-16H2,1-2H3/p+1/t21-/m0/s1. The van der Waals surface area contributed by atoms with E-state index < -0.39 is 0 Å². The van der Waals surface area contributed by atoms with Crippen molar-refractivity contribution in [1.29, 1.82) is 0 Å². The number of methoxy groups -OCH3 is 2. The number of hydrogen-bond donors (Lipinski definition) is 1. The summed E-state index contributed by atoms with van der Waals surface area (Å²) in [7, 11) is 3.32. The van der Waals surface area contributed by atoms with Crippen LogP contribution in [0.5, 0.6) is 5.75 Å². The quantitative estimate of drug-likeness (QED) is 0.578. The number of benzene rings is 2. The summed E-state index contributed by atoms with van der Waals surface area (Å²) in [6.45, 7) is 4.29. The fraction of sp³-hybridized carbons (Fsp3) is 0.409. The Hall–Kier alpha value is -3.04. The van der Waals surface area contributed by atoms with Gasteiger partial charge in [0, 0.05) is 12.7 Å². The fourth-order valence-corrected chi connectivity index (χ4v) is 4.15. The van der Waals surface area contributed by atoms with Gasteiger partial charge in [-0.25, -0.2) is 9.07 Å². The number of aromatic nitrogens is 4. The second kappa shape index (κ2) is 9.84. The van der Waals surface area contributed by atoms with Crippen LogP contribution in [0.25, 0.3) is 0 Å². The van der Waals surface area contributed by atoms with Crippen LogP contribution in [0.15, 0.2) is 48.5 Å². The van der Waals surface area contributed by atoms with Crippen molar-refractivity contribution in [3.8, 4) is 5.75 Å². The SMILES string of the molecule is COCCn1nnnc1[C@H](c1ccc(OC)cc1)[NH+]1CCN(c2ccccc2F)CC1. The van der Waals surface area contributed by atoms with Crippen LogP contribution in [0.1, 0.15) is 17.4 Å². The summed E-state index contributed by atoms with van der Waals surface area (Å²) in [5.41, 5.74) is 1.77. The number of nitrogens with zero attached hydrogens (tertiary/aromatic N) is 5.